The SMILES string of the molecule is CC(C)(C)NC(=O)OCCc1ccc(CN)cc1. The zero-order chi connectivity index (χ0) is 13.6. The lowest BCUT2D eigenvalue weighted by molar-refractivity contribution is 0.139. The van der Waals surface area contributed by atoms with Crippen LogP contribution < -0.4 is 11.1 Å². The Bertz CT molecular complexity index is 380. The Balaban J connectivity index is 2.30. The van der Waals surface area contributed by atoms with Gasteiger partial charge in [-0.05, 0) is 31.9 Å². The van der Waals surface area contributed by atoms with E-state index in [1.165, 1.54) is 0 Å². The summed E-state index contributed by atoms with van der Waals surface area (Å²) in [5.74, 6) is 0. The number of amides is 1. The van der Waals surface area contributed by atoms with E-state index < -0.39 is 0 Å². The maximum atomic E-state index is 11.4. The van der Waals surface area contributed by atoms with E-state index in [1.807, 2.05) is 45.0 Å². The van der Waals surface area contributed by atoms with Gasteiger partial charge in [0.25, 0.3) is 0 Å². The molecule has 0 bridgehead atoms. The van der Waals surface area contributed by atoms with Crippen molar-refractivity contribution in [2.75, 3.05) is 6.61 Å². The van der Waals surface area contributed by atoms with Crippen LogP contribution in [-0.4, -0.2) is 18.2 Å². The lowest BCUT2D eigenvalue weighted by Gasteiger charge is -2.19. The van der Waals surface area contributed by atoms with E-state index in [2.05, 4.69) is 5.32 Å². The minimum atomic E-state index is -0.374. The summed E-state index contributed by atoms with van der Waals surface area (Å²) in [7, 11) is 0. The largest absolute Gasteiger partial charge is 0.449 e. The minimum absolute atomic E-state index is 0.264. The zero-order valence-electron chi connectivity index (χ0n) is 11.3. The topological polar surface area (TPSA) is 64.3 Å². The van der Waals surface area contributed by atoms with E-state index in [4.69, 9.17) is 10.5 Å². The third-order valence-electron chi connectivity index (χ3n) is 2.36. The lowest BCUT2D eigenvalue weighted by atomic mass is 10.1. The third kappa shape index (κ3) is 5.68. The summed E-state index contributed by atoms with van der Waals surface area (Å²) in [5, 5.41) is 2.75. The summed E-state index contributed by atoms with van der Waals surface area (Å²) in [5.41, 5.74) is 7.49. The number of ether oxygens (including phenoxy) is 1. The maximum absolute atomic E-state index is 11.4. The second kappa shape index (κ2) is 6.40. The first-order chi connectivity index (χ1) is 8.40. The van der Waals surface area contributed by atoms with Gasteiger partial charge in [0, 0.05) is 18.5 Å². The monoisotopic (exact) mass is 250 g/mol. The van der Waals surface area contributed by atoms with Crippen molar-refractivity contribution in [2.45, 2.75) is 39.3 Å². The Labute approximate surface area is 109 Å². The first-order valence-electron chi connectivity index (χ1n) is 6.13. The van der Waals surface area contributed by atoms with Crippen molar-refractivity contribution in [3.05, 3.63) is 35.4 Å². The first-order valence-corrected chi connectivity index (χ1v) is 6.13. The summed E-state index contributed by atoms with van der Waals surface area (Å²) in [4.78, 5) is 11.4. The van der Waals surface area contributed by atoms with Gasteiger partial charge in [0.2, 0.25) is 0 Å². The predicted octanol–water partition coefficient (Wildman–Crippen LogP) is 2.21. The van der Waals surface area contributed by atoms with Gasteiger partial charge in [0.05, 0.1) is 6.61 Å². The molecule has 1 amide bonds. The quantitative estimate of drug-likeness (QED) is 0.861. The Morgan fingerprint density at radius 2 is 1.78 bits per heavy atom. The highest BCUT2D eigenvalue weighted by Crippen LogP contribution is 2.05. The lowest BCUT2D eigenvalue weighted by Crippen LogP contribution is -2.41. The maximum Gasteiger partial charge on any atom is 0.407 e. The Morgan fingerprint density at radius 3 is 2.28 bits per heavy atom. The molecular weight excluding hydrogens is 228 g/mol. The molecule has 18 heavy (non-hydrogen) atoms. The van der Waals surface area contributed by atoms with Gasteiger partial charge in [-0.1, -0.05) is 24.3 Å². The number of nitrogens with two attached hydrogens (primary N) is 1. The Hall–Kier alpha value is -1.55. The number of hydrogen-bond donors (Lipinski definition) is 2. The van der Waals surface area contributed by atoms with Gasteiger partial charge < -0.3 is 15.8 Å². The van der Waals surface area contributed by atoms with Gasteiger partial charge in [-0.3, -0.25) is 0 Å². The highest BCUT2D eigenvalue weighted by atomic mass is 16.5. The zero-order valence-corrected chi connectivity index (χ0v) is 11.3. The summed E-state index contributed by atoms with van der Waals surface area (Å²) in [6, 6.07) is 8.00. The van der Waals surface area contributed by atoms with Crippen molar-refractivity contribution < 1.29 is 9.53 Å². The molecule has 4 heteroatoms. The van der Waals surface area contributed by atoms with Gasteiger partial charge in [0.1, 0.15) is 0 Å². The standard InChI is InChI=1S/C14H22N2O2/c1-14(2,3)16-13(17)18-9-8-11-4-6-12(10-15)7-5-11/h4-7H,8-10,15H2,1-3H3,(H,16,17). The fourth-order valence-corrected chi connectivity index (χ4v) is 1.45. The fourth-order valence-electron chi connectivity index (χ4n) is 1.45. The first kappa shape index (κ1) is 14.5. The van der Waals surface area contributed by atoms with Crippen LogP contribution in [0.4, 0.5) is 4.79 Å². The molecule has 1 aromatic carbocycles. The highest BCUT2D eigenvalue weighted by Gasteiger charge is 2.14. The Morgan fingerprint density at radius 1 is 1.22 bits per heavy atom. The molecular formula is C14H22N2O2. The van der Waals surface area contributed by atoms with Crippen molar-refractivity contribution in [1.82, 2.24) is 5.32 Å². The molecule has 0 radical (unpaired) electrons. The van der Waals surface area contributed by atoms with Crippen molar-refractivity contribution in [3.8, 4) is 0 Å². The molecule has 0 fully saturated rings. The average molecular weight is 250 g/mol. The van der Waals surface area contributed by atoms with Gasteiger partial charge in [-0.15, -0.1) is 0 Å². The van der Waals surface area contributed by atoms with E-state index >= 15 is 0 Å². The van der Waals surface area contributed by atoms with Crippen LogP contribution in [-0.2, 0) is 17.7 Å². The molecule has 0 atom stereocenters. The Kier molecular flexibility index (Phi) is 5.16. The van der Waals surface area contributed by atoms with Crippen LogP contribution in [0.25, 0.3) is 0 Å². The third-order valence-corrected chi connectivity index (χ3v) is 2.36. The van der Waals surface area contributed by atoms with E-state index in [9.17, 15) is 4.79 Å². The van der Waals surface area contributed by atoms with Gasteiger partial charge >= 0.3 is 6.09 Å². The van der Waals surface area contributed by atoms with Crippen LogP contribution in [0.5, 0.6) is 0 Å². The van der Waals surface area contributed by atoms with E-state index in [-0.39, 0.29) is 11.6 Å². The number of carbonyl (C=O) groups is 1. The van der Waals surface area contributed by atoms with Crippen LogP contribution in [0, 0.1) is 0 Å². The smallest absolute Gasteiger partial charge is 0.407 e. The number of rotatable bonds is 4. The predicted molar refractivity (Wildman–Crippen MR) is 72.3 cm³/mol. The molecule has 0 unspecified atom stereocenters. The van der Waals surface area contributed by atoms with Crippen molar-refractivity contribution in [3.63, 3.8) is 0 Å². The van der Waals surface area contributed by atoms with Crippen molar-refractivity contribution in [2.24, 2.45) is 5.73 Å². The highest BCUT2D eigenvalue weighted by molar-refractivity contribution is 5.68. The molecule has 0 aromatic heterocycles. The molecule has 4 nitrogen and oxygen atoms in total. The summed E-state index contributed by atoms with van der Waals surface area (Å²) >= 11 is 0. The molecule has 1 aromatic rings. The van der Waals surface area contributed by atoms with Gasteiger partial charge in [0.15, 0.2) is 0 Å². The molecule has 100 valence electrons. The fraction of sp³-hybridized carbons (Fsp3) is 0.500. The molecule has 0 aliphatic heterocycles. The molecule has 0 heterocycles. The van der Waals surface area contributed by atoms with Crippen LogP contribution in [0.15, 0.2) is 24.3 Å². The molecule has 0 saturated carbocycles. The number of alkyl carbamates (subject to hydrolysis) is 1. The van der Waals surface area contributed by atoms with Gasteiger partial charge in [-0.2, -0.15) is 0 Å². The van der Waals surface area contributed by atoms with E-state index in [1.54, 1.807) is 0 Å². The van der Waals surface area contributed by atoms with Crippen molar-refractivity contribution >= 4 is 6.09 Å². The normalized spacial score (nSPS) is 11.1. The number of benzene rings is 1. The van der Waals surface area contributed by atoms with Crippen LogP contribution in [0.1, 0.15) is 31.9 Å². The van der Waals surface area contributed by atoms with Crippen molar-refractivity contribution in [1.29, 1.82) is 0 Å². The van der Waals surface area contributed by atoms with E-state index in [0.717, 1.165) is 11.1 Å². The molecule has 1 rings (SSSR count). The number of hydrogen-bond acceptors (Lipinski definition) is 3. The molecule has 0 aliphatic rings. The second-order valence-corrected chi connectivity index (χ2v) is 5.28. The molecule has 0 saturated heterocycles. The van der Waals surface area contributed by atoms with E-state index in [0.29, 0.717) is 19.6 Å². The summed E-state index contributed by atoms with van der Waals surface area (Å²) in [6.45, 7) is 6.67. The van der Waals surface area contributed by atoms with Crippen LogP contribution in [0.2, 0.25) is 0 Å². The summed E-state index contributed by atoms with van der Waals surface area (Å²) < 4.78 is 5.10. The van der Waals surface area contributed by atoms with Gasteiger partial charge in [-0.25, -0.2) is 4.79 Å². The summed E-state index contributed by atoms with van der Waals surface area (Å²) in [6.07, 6.45) is 0.337. The molecule has 3 N–H and O–H groups in total. The van der Waals surface area contributed by atoms with Crippen LogP contribution in [0.3, 0.4) is 0 Å². The molecule has 0 spiro atoms. The molecule has 0 aliphatic carbocycles. The minimum Gasteiger partial charge on any atom is -0.449 e. The second-order valence-electron chi connectivity index (χ2n) is 5.28. The van der Waals surface area contributed by atoms with Crippen LogP contribution >= 0.6 is 0 Å². The number of carbonyl (C=O) groups excluding carboxylic acids is 1. The average Bonchev–Trinajstić information content (AvgIpc) is 2.27. The number of nitrogens with one attached hydrogen (secondary N) is 1.